The zero-order chi connectivity index (χ0) is 14.6. The molecule has 6 nitrogen and oxygen atoms in total. The van der Waals surface area contributed by atoms with Gasteiger partial charge in [0.25, 0.3) is 0 Å². The number of ether oxygens (including phenoxy) is 1. The fraction of sp³-hybridized carbons (Fsp3) is 0.538. The van der Waals surface area contributed by atoms with Crippen molar-refractivity contribution >= 4 is 10.0 Å². The summed E-state index contributed by atoms with van der Waals surface area (Å²) in [4.78, 5) is 0. The Bertz CT molecular complexity index is 547. The van der Waals surface area contributed by atoms with Gasteiger partial charge >= 0.3 is 0 Å². The van der Waals surface area contributed by atoms with E-state index in [9.17, 15) is 13.5 Å². The summed E-state index contributed by atoms with van der Waals surface area (Å²) in [7, 11) is -3.47. The topological polar surface area (TPSA) is 92.9 Å². The molecule has 2 rings (SSSR count). The van der Waals surface area contributed by atoms with E-state index in [2.05, 4.69) is 0 Å². The van der Waals surface area contributed by atoms with Gasteiger partial charge < -0.3 is 15.6 Å². The van der Waals surface area contributed by atoms with Crippen molar-refractivity contribution in [1.29, 1.82) is 0 Å². The molecule has 0 spiro atoms. The lowest BCUT2D eigenvalue weighted by molar-refractivity contribution is 0.0108. The lowest BCUT2D eigenvalue weighted by atomic mass is 10.1. The summed E-state index contributed by atoms with van der Waals surface area (Å²) < 4.78 is 31.4. The maximum absolute atomic E-state index is 12.5. The zero-order valence-electron chi connectivity index (χ0n) is 11.2. The molecule has 0 amide bonds. The highest BCUT2D eigenvalue weighted by Gasteiger charge is 2.32. The molecule has 0 aromatic heterocycles. The summed E-state index contributed by atoms with van der Waals surface area (Å²) in [5, 5.41) is 9.27. The minimum absolute atomic E-state index is 0.0860. The van der Waals surface area contributed by atoms with Gasteiger partial charge in [0.1, 0.15) is 0 Å². The van der Waals surface area contributed by atoms with Gasteiger partial charge in [-0.05, 0) is 11.1 Å². The van der Waals surface area contributed by atoms with Crippen LogP contribution in [0.1, 0.15) is 11.1 Å². The number of nitrogens with zero attached hydrogens (tertiary/aromatic N) is 1. The van der Waals surface area contributed by atoms with E-state index in [1.165, 1.54) is 4.31 Å². The molecule has 1 heterocycles. The van der Waals surface area contributed by atoms with E-state index in [0.717, 1.165) is 5.56 Å². The van der Waals surface area contributed by atoms with Crippen LogP contribution in [0, 0.1) is 0 Å². The van der Waals surface area contributed by atoms with Crippen molar-refractivity contribution in [3.63, 3.8) is 0 Å². The molecule has 1 aromatic carbocycles. The number of benzene rings is 1. The van der Waals surface area contributed by atoms with Crippen LogP contribution in [-0.4, -0.2) is 50.2 Å². The number of morpholine rings is 1. The third-order valence-corrected chi connectivity index (χ3v) is 5.21. The Hall–Kier alpha value is -0.990. The molecule has 0 bridgehead atoms. The predicted octanol–water partition coefficient (Wildman–Crippen LogP) is -0.332. The van der Waals surface area contributed by atoms with Gasteiger partial charge in [-0.2, -0.15) is 4.31 Å². The second-order valence-corrected chi connectivity index (χ2v) is 6.72. The van der Waals surface area contributed by atoms with Gasteiger partial charge in [0.2, 0.25) is 10.0 Å². The van der Waals surface area contributed by atoms with Crippen molar-refractivity contribution in [3.8, 4) is 0 Å². The van der Waals surface area contributed by atoms with Crippen LogP contribution in [0.5, 0.6) is 0 Å². The van der Waals surface area contributed by atoms with E-state index < -0.39 is 16.1 Å². The van der Waals surface area contributed by atoms with Crippen molar-refractivity contribution in [3.05, 3.63) is 35.4 Å². The molecular formula is C13H20N2O4S. The lowest BCUT2D eigenvalue weighted by Crippen LogP contribution is -2.50. The minimum Gasteiger partial charge on any atom is -0.395 e. The first-order valence-electron chi connectivity index (χ1n) is 6.53. The number of hydrogen-bond donors (Lipinski definition) is 2. The fourth-order valence-electron chi connectivity index (χ4n) is 2.29. The van der Waals surface area contributed by atoms with Gasteiger partial charge in [-0.15, -0.1) is 0 Å². The quantitative estimate of drug-likeness (QED) is 0.776. The maximum atomic E-state index is 12.5. The number of hydrogen-bond acceptors (Lipinski definition) is 5. The Kier molecular flexibility index (Phi) is 5.11. The molecule has 3 N–H and O–H groups in total. The van der Waals surface area contributed by atoms with Gasteiger partial charge in [0.15, 0.2) is 0 Å². The molecule has 1 saturated heterocycles. The highest BCUT2D eigenvalue weighted by Crippen LogP contribution is 2.17. The standard InChI is InChI=1S/C13H20N2O4S/c14-7-11-2-1-3-12(6-11)10-20(17,18)15-4-5-19-9-13(15)8-16/h1-3,6,13,16H,4-5,7-10,14H2. The van der Waals surface area contributed by atoms with E-state index in [-0.39, 0.29) is 25.5 Å². The summed E-state index contributed by atoms with van der Waals surface area (Å²) in [6, 6.07) is 6.74. The largest absolute Gasteiger partial charge is 0.395 e. The van der Waals surface area contributed by atoms with Gasteiger partial charge in [0, 0.05) is 13.1 Å². The van der Waals surface area contributed by atoms with Crippen LogP contribution in [0.3, 0.4) is 0 Å². The number of sulfonamides is 1. The van der Waals surface area contributed by atoms with Gasteiger partial charge in [-0.25, -0.2) is 8.42 Å². The second kappa shape index (κ2) is 6.64. The van der Waals surface area contributed by atoms with Crippen LogP contribution >= 0.6 is 0 Å². The SMILES string of the molecule is NCc1cccc(CS(=O)(=O)N2CCOCC2CO)c1. The third-order valence-electron chi connectivity index (χ3n) is 3.32. The number of rotatable bonds is 5. The maximum Gasteiger partial charge on any atom is 0.218 e. The monoisotopic (exact) mass is 300 g/mol. The van der Waals surface area contributed by atoms with Crippen molar-refractivity contribution in [1.82, 2.24) is 4.31 Å². The van der Waals surface area contributed by atoms with Crippen LogP contribution in [0.25, 0.3) is 0 Å². The number of aliphatic hydroxyl groups is 1. The molecule has 1 fully saturated rings. The molecule has 1 aromatic rings. The smallest absolute Gasteiger partial charge is 0.218 e. The fourth-order valence-corrected chi connectivity index (χ4v) is 3.99. The van der Waals surface area contributed by atoms with Crippen LogP contribution in [-0.2, 0) is 27.1 Å². The Morgan fingerprint density at radius 1 is 1.40 bits per heavy atom. The average Bonchev–Trinajstić information content (AvgIpc) is 2.47. The summed E-state index contributed by atoms with van der Waals surface area (Å²) in [6.07, 6.45) is 0. The van der Waals surface area contributed by atoms with Gasteiger partial charge in [0.05, 0.1) is 31.6 Å². The highest BCUT2D eigenvalue weighted by atomic mass is 32.2. The molecule has 112 valence electrons. The molecule has 1 atom stereocenters. The van der Waals surface area contributed by atoms with E-state index >= 15 is 0 Å². The van der Waals surface area contributed by atoms with Crippen molar-refractivity contribution in [2.75, 3.05) is 26.4 Å². The number of aliphatic hydroxyl groups excluding tert-OH is 1. The molecule has 1 aliphatic rings. The molecule has 0 radical (unpaired) electrons. The molecule has 1 aliphatic heterocycles. The van der Waals surface area contributed by atoms with Gasteiger partial charge in [-0.1, -0.05) is 24.3 Å². The summed E-state index contributed by atoms with van der Waals surface area (Å²) in [5.74, 6) is -0.0860. The minimum atomic E-state index is -3.47. The first kappa shape index (κ1) is 15.4. The third kappa shape index (κ3) is 3.56. The molecular weight excluding hydrogens is 280 g/mol. The summed E-state index contributed by atoms with van der Waals surface area (Å²) in [6.45, 7) is 1.02. The Morgan fingerprint density at radius 2 is 2.15 bits per heavy atom. The average molecular weight is 300 g/mol. The van der Waals surface area contributed by atoms with Crippen LogP contribution in [0.2, 0.25) is 0 Å². The van der Waals surface area contributed by atoms with Crippen LogP contribution < -0.4 is 5.73 Å². The second-order valence-electron chi connectivity index (χ2n) is 4.80. The van der Waals surface area contributed by atoms with Gasteiger partial charge in [-0.3, -0.25) is 0 Å². The van der Waals surface area contributed by atoms with E-state index in [0.29, 0.717) is 18.7 Å². The van der Waals surface area contributed by atoms with Crippen LogP contribution in [0.4, 0.5) is 0 Å². The molecule has 20 heavy (non-hydrogen) atoms. The van der Waals surface area contributed by atoms with Crippen molar-refractivity contribution in [2.45, 2.75) is 18.3 Å². The molecule has 1 unspecified atom stereocenters. The molecule has 0 aliphatic carbocycles. The Labute approximate surface area is 119 Å². The molecule has 0 saturated carbocycles. The first-order chi connectivity index (χ1) is 9.56. The van der Waals surface area contributed by atoms with E-state index in [1.54, 1.807) is 18.2 Å². The van der Waals surface area contributed by atoms with Crippen molar-refractivity contribution in [2.24, 2.45) is 5.73 Å². The highest BCUT2D eigenvalue weighted by molar-refractivity contribution is 7.88. The number of nitrogens with two attached hydrogens (primary N) is 1. The zero-order valence-corrected chi connectivity index (χ0v) is 12.1. The summed E-state index contributed by atoms with van der Waals surface area (Å²) >= 11 is 0. The Balaban J connectivity index is 2.17. The van der Waals surface area contributed by atoms with E-state index in [1.807, 2.05) is 6.07 Å². The molecule has 7 heteroatoms. The lowest BCUT2D eigenvalue weighted by Gasteiger charge is -2.33. The predicted molar refractivity (Wildman–Crippen MR) is 75.4 cm³/mol. The van der Waals surface area contributed by atoms with E-state index in [4.69, 9.17) is 10.5 Å². The Morgan fingerprint density at radius 3 is 2.85 bits per heavy atom. The first-order valence-corrected chi connectivity index (χ1v) is 8.13. The van der Waals surface area contributed by atoms with Crippen LogP contribution in [0.15, 0.2) is 24.3 Å². The summed E-state index contributed by atoms with van der Waals surface area (Å²) in [5.41, 5.74) is 7.17. The normalized spacial score (nSPS) is 21.0. The van der Waals surface area contributed by atoms with Crippen molar-refractivity contribution < 1.29 is 18.3 Å².